The first-order valence-electron chi connectivity index (χ1n) is 6.19. The normalized spacial score (nSPS) is 13.9. The van der Waals surface area contributed by atoms with Gasteiger partial charge in [-0.2, -0.15) is 0 Å². The van der Waals surface area contributed by atoms with E-state index in [1.54, 1.807) is 18.3 Å². The molecule has 0 aliphatic rings. The fraction of sp³-hybridized carbons (Fsp3) is 0.267. The number of aromatic nitrogens is 1. The molecule has 0 radical (unpaired) electrons. The van der Waals surface area contributed by atoms with Crippen molar-refractivity contribution in [2.24, 2.45) is 0 Å². The summed E-state index contributed by atoms with van der Waals surface area (Å²) in [7, 11) is 0. The molecule has 1 aromatic carbocycles. The third-order valence-corrected chi connectivity index (χ3v) is 2.98. The standard InChI is InChI=1S/C15H17FN2O/c1-10-7-8-17-14(9-10)18-11(2)15(19)12-3-5-13(16)6-4-12/h3-9,11,15,19H,1-2H3,(H,17,18)/t11-,15+/m1/s1. The molecule has 0 amide bonds. The Labute approximate surface area is 112 Å². The number of rotatable bonds is 4. The molecule has 19 heavy (non-hydrogen) atoms. The van der Waals surface area contributed by atoms with Crippen LogP contribution in [0.25, 0.3) is 0 Å². The lowest BCUT2D eigenvalue weighted by atomic mass is 10.0. The number of nitrogens with zero attached hydrogens (tertiary/aromatic N) is 1. The zero-order valence-corrected chi connectivity index (χ0v) is 11.0. The molecule has 2 N–H and O–H groups in total. The first-order chi connectivity index (χ1) is 9.06. The lowest BCUT2D eigenvalue weighted by molar-refractivity contribution is 0.160. The second-order valence-electron chi connectivity index (χ2n) is 4.65. The van der Waals surface area contributed by atoms with Crippen molar-refractivity contribution in [2.75, 3.05) is 5.32 Å². The van der Waals surface area contributed by atoms with Crippen LogP contribution >= 0.6 is 0 Å². The Kier molecular flexibility index (Phi) is 4.12. The first-order valence-corrected chi connectivity index (χ1v) is 6.19. The van der Waals surface area contributed by atoms with Crippen LogP contribution in [-0.2, 0) is 0 Å². The van der Waals surface area contributed by atoms with Crippen molar-refractivity contribution < 1.29 is 9.50 Å². The van der Waals surface area contributed by atoms with Crippen LogP contribution in [0.15, 0.2) is 42.6 Å². The molecule has 100 valence electrons. The number of pyridine rings is 1. The van der Waals surface area contributed by atoms with Crippen LogP contribution in [0.5, 0.6) is 0 Å². The summed E-state index contributed by atoms with van der Waals surface area (Å²) < 4.78 is 12.8. The van der Waals surface area contributed by atoms with Crippen LogP contribution in [0.3, 0.4) is 0 Å². The van der Waals surface area contributed by atoms with Gasteiger partial charge < -0.3 is 10.4 Å². The van der Waals surface area contributed by atoms with Gasteiger partial charge in [0.2, 0.25) is 0 Å². The Balaban J connectivity index is 2.07. The third-order valence-electron chi connectivity index (χ3n) is 2.98. The first kappa shape index (κ1) is 13.5. The van der Waals surface area contributed by atoms with Crippen molar-refractivity contribution in [3.8, 4) is 0 Å². The van der Waals surface area contributed by atoms with E-state index in [2.05, 4.69) is 10.3 Å². The average Bonchev–Trinajstić information content (AvgIpc) is 2.39. The van der Waals surface area contributed by atoms with Gasteiger partial charge in [0, 0.05) is 6.20 Å². The molecule has 3 nitrogen and oxygen atoms in total. The van der Waals surface area contributed by atoms with Gasteiger partial charge in [0.1, 0.15) is 11.6 Å². The van der Waals surface area contributed by atoms with E-state index in [-0.39, 0.29) is 11.9 Å². The molecule has 2 aromatic rings. The van der Waals surface area contributed by atoms with Crippen molar-refractivity contribution in [2.45, 2.75) is 26.0 Å². The summed E-state index contributed by atoms with van der Waals surface area (Å²) >= 11 is 0. The molecule has 0 unspecified atom stereocenters. The van der Waals surface area contributed by atoms with E-state index >= 15 is 0 Å². The minimum Gasteiger partial charge on any atom is -0.386 e. The zero-order valence-electron chi connectivity index (χ0n) is 11.0. The summed E-state index contributed by atoms with van der Waals surface area (Å²) in [6, 6.07) is 9.45. The monoisotopic (exact) mass is 260 g/mol. The summed E-state index contributed by atoms with van der Waals surface area (Å²) in [5, 5.41) is 13.3. The average molecular weight is 260 g/mol. The van der Waals surface area contributed by atoms with Crippen molar-refractivity contribution in [3.63, 3.8) is 0 Å². The maximum absolute atomic E-state index is 12.8. The molecule has 2 atom stereocenters. The van der Waals surface area contributed by atoms with Gasteiger partial charge in [-0.1, -0.05) is 12.1 Å². The molecule has 2 rings (SSSR count). The van der Waals surface area contributed by atoms with Crippen molar-refractivity contribution in [3.05, 3.63) is 59.5 Å². The smallest absolute Gasteiger partial charge is 0.126 e. The number of aliphatic hydroxyl groups is 1. The summed E-state index contributed by atoms with van der Waals surface area (Å²) in [5.74, 6) is 0.408. The second-order valence-corrected chi connectivity index (χ2v) is 4.65. The number of benzene rings is 1. The van der Waals surface area contributed by atoms with E-state index in [1.165, 1.54) is 12.1 Å². The number of anilines is 1. The summed E-state index contributed by atoms with van der Waals surface area (Å²) in [4.78, 5) is 4.19. The Morgan fingerprint density at radius 2 is 1.89 bits per heavy atom. The van der Waals surface area contributed by atoms with Crippen molar-refractivity contribution >= 4 is 5.82 Å². The number of nitrogens with one attached hydrogen (secondary N) is 1. The lowest BCUT2D eigenvalue weighted by Crippen LogP contribution is -2.24. The van der Waals surface area contributed by atoms with Crippen molar-refractivity contribution in [1.82, 2.24) is 4.98 Å². The van der Waals surface area contributed by atoms with Crippen LogP contribution in [0.4, 0.5) is 10.2 Å². The molecule has 1 heterocycles. The van der Waals surface area contributed by atoms with E-state index in [9.17, 15) is 9.50 Å². The van der Waals surface area contributed by atoms with Crippen LogP contribution in [0.2, 0.25) is 0 Å². The van der Waals surface area contributed by atoms with Crippen LogP contribution in [0, 0.1) is 12.7 Å². The molecular weight excluding hydrogens is 243 g/mol. The van der Waals surface area contributed by atoms with E-state index in [4.69, 9.17) is 0 Å². The maximum atomic E-state index is 12.8. The van der Waals surface area contributed by atoms with Gasteiger partial charge in [-0.25, -0.2) is 9.37 Å². The Morgan fingerprint density at radius 1 is 1.21 bits per heavy atom. The molecule has 0 saturated heterocycles. The molecule has 0 aliphatic carbocycles. The van der Waals surface area contributed by atoms with Gasteiger partial charge in [0.05, 0.1) is 12.1 Å². The summed E-state index contributed by atoms with van der Waals surface area (Å²) in [6.45, 7) is 3.84. The predicted octanol–water partition coefficient (Wildman–Crippen LogP) is 3.06. The Morgan fingerprint density at radius 3 is 2.53 bits per heavy atom. The van der Waals surface area contributed by atoms with Gasteiger partial charge in [0.15, 0.2) is 0 Å². The third kappa shape index (κ3) is 3.51. The Hall–Kier alpha value is -1.94. The van der Waals surface area contributed by atoms with Crippen LogP contribution < -0.4 is 5.32 Å². The number of aliphatic hydroxyl groups excluding tert-OH is 1. The minimum atomic E-state index is -0.720. The second kappa shape index (κ2) is 5.80. The molecule has 0 bridgehead atoms. The number of hydrogen-bond donors (Lipinski definition) is 2. The van der Waals surface area contributed by atoms with E-state index in [0.29, 0.717) is 11.4 Å². The van der Waals surface area contributed by atoms with Crippen LogP contribution in [-0.4, -0.2) is 16.1 Å². The SMILES string of the molecule is Cc1ccnc(N[C@H](C)[C@H](O)c2ccc(F)cc2)c1. The van der Waals surface area contributed by atoms with Gasteiger partial charge in [0.25, 0.3) is 0 Å². The molecule has 0 fully saturated rings. The highest BCUT2D eigenvalue weighted by Gasteiger charge is 2.16. The molecule has 0 spiro atoms. The fourth-order valence-corrected chi connectivity index (χ4v) is 1.88. The summed E-state index contributed by atoms with van der Waals surface area (Å²) in [5.41, 5.74) is 1.77. The molecule has 4 heteroatoms. The zero-order chi connectivity index (χ0) is 13.8. The highest BCUT2D eigenvalue weighted by Crippen LogP contribution is 2.20. The van der Waals surface area contributed by atoms with E-state index < -0.39 is 6.10 Å². The summed E-state index contributed by atoms with van der Waals surface area (Å²) in [6.07, 6.45) is 0.997. The minimum absolute atomic E-state index is 0.222. The molecule has 1 aromatic heterocycles. The topological polar surface area (TPSA) is 45.2 Å². The number of aryl methyl sites for hydroxylation is 1. The van der Waals surface area contributed by atoms with Crippen molar-refractivity contribution in [1.29, 1.82) is 0 Å². The largest absolute Gasteiger partial charge is 0.386 e. The maximum Gasteiger partial charge on any atom is 0.126 e. The molecule has 0 aliphatic heterocycles. The predicted molar refractivity (Wildman–Crippen MR) is 73.4 cm³/mol. The van der Waals surface area contributed by atoms with E-state index in [1.807, 2.05) is 26.0 Å². The van der Waals surface area contributed by atoms with Gasteiger partial charge >= 0.3 is 0 Å². The van der Waals surface area contributed by atoms with Gasteiger partial charge in [-0.15, -0.1) is 0 Å². The van der Waals surface area contributed by atoms with Gasteiger partial charge in [-0.3, -0.25) is 0 Å². The number of hydrogen-bond acceptors (Lipinski definition) is 3. The Bertz CT molecular complexity index is 542. The fourth-order valence-electron chi connectivity index (χ4n) is 1.88. The van der Waals surface area contributed by atoms with E-state index in [0.717, 1.165) is 5.56 Å². The molecular formula is C15H17FN2O. The van der Waals surface area contributed by atoms with Gasteiger partial charge in [-0.05, 0) is 49.2 Å². The quantitative estimate of drug-likeness (QED) is 0.888. The highest BCUT2D eigenvalue weighted by atomic mass is 19.1. The lowest BCUT2D eigenvalue weighted by Gasteiger charge is -2.21. The molecule has 0 saturated carbocycles. The highest BCUT2D eigenvalue weighted by molar-refractivity contribution is 5.38. The number of halogens is 1. The van der Waals surface area contributed by atoms with Crippen LogP contribution in [0.1, 0.15) is 24.2 Å².